The second-order valence-corrected chi connectivity index (χ2v) is 10.6. The van der Waals surface area contributed by atoms with E-state index in [-0.39, 0.29) is 23.0 Å². The van der Waals surface area contributed by atoms with Crippen LogP contribution in [-0.4, -0.2) is 36.2 Å². The number of amides is 2. The van der Waals surface area contributed by atoms with Crippen molar-refractivity contribution < 1.29 is 18.8 Å². The quantitative estimate of drug-likeness (QED) is 0.169. The van der Waals surface area contributed by atoms with E-state index in [0.717, 1.165) is 19.3 Å². The topological polar surface area (TPSA) is 87.3 Å². The lowest BCUT2D eigenvalue weighted by molar-refractivity contribution is -0.130. The minimum absolute atomic E-state index is 0.0550. The first-order valence-corrected chi connectivity index (χ1v) is 13.8. The molecule has 0 heterocycles. The number of allylic oxidation sites excluding steroid dienone is 3. The van der Waals surface area contributed by atoms with Crippen LogP contribution in [0.5, 0.6) is 0 Å². The van der Waals surface area contributed by atoms with Gasteiger partial charge >= 0.3 is 0 Å². The number of terminal acetylenes is 1. The summed E-state index contributed by atoms with van der Waals surface area (Å²) in [7, 11) is 0. The molecule has 2 atom stereocenters. The summed E-state index contributed by atoms with van der Waals surface area (Å²) in [5, 5.41) is 9.42. The highest BCUT2D eigenvalue weighted by atomic mass is 35.5. The van der Waals surface area contributed by atoms with Gasteiger partial charge < -0.3 is 10.6 Å². The lowest BCUT2D eigenvalue weighted by atomic mass is 9.78. The monoisotopic (exact) mass is 583 g/mol. The molecule has 0 aromatic heterocycles. The SMILES string of the molecule is C#C/C=C\C(Cl)=C/CNC(=O)C1(N[C@@H](C(=O)Nc2ccc(C=O)cc2)C(C)c2cccc(Cl)c2F)CCCCC1. The summed E-state index contributed by atoms with van der Waals surface area (Å²) in [6, 6.07) is 10.0. The van der Waals surface area contributed by atoms with Crippen molar-refractivity contribution in [3.8, 4) is 12.3 Å². The van der Waals surface area contributed by atoms with Crippen molar-refractivity contribution in [2.24, 2.45) is 0 Å². The van der Waals surface area contributed by atoms with Crippen LogP contribution in [0.2, 0.25) is 5.02 Å². The number of benzene rings is 2. The van der Waals surface area contributed by atoms with Gasteiger partial charge in [0.1, 0.15) is 12.1 Å². The molecule has 1 saturated carbocycles. The molecule has 1 unspecified atom stereocenters. The van der Waals surface area contributed by atoms with Crippen molar-refractivity contribution in [1.29, 1.82) is 0 Å². The van der Waals surface area contributed by atoms with Gasteiger partial charge in [-0.25, -0.2) is 4.39 Å². The Morgan fingerprint density at radius 2 is 1.85 bits per heavy atom. The number of hydrogen-bond donors (Lipinski definition) is 3. The van der Waals surface area contributed by atoms with Crippen molar-refractivity contribution in [1.82, 2.24) is 10.6 Å². The molecule has 2 amide bonds. The number of halogens is 3. The molecular weight excluding hydrogens is 552 g/mol. The maximum Gasteiger partial charge on any atom is 0.242 e. The maximum atomic E-state index is 15.1. The zero-order chi connectivity index (χ0) is 29.1. The fourth-order valence-corrected chi connectivity index (χ4v) is 5.15. The van der Waals surface area contributed by atoms with Crippen LogP contribution in [0.4, 0.5) is 10.1 Å². The summed E-state index contributed by atoms with van der Waals surface area (Å²) in [5.74, 6) is 0.312. The molecule has 2 aromatic carbocycles. The largest absolute Gasteiger partial charge is 0.351 e. The third kappa shape index (κ3) is 8.04. The molecule has 1 aliphatic rings. The van der Waals surface area contributed by atoms with E-state index in [0.29, 0.717) is 35.4 Å². The Balaban J connectivity index is 1.93. The highest BCUT2D eigenvalue weighted by Crippen LogP contribution is 2.33. The molecule has 210 valence electrons. The van der Waals surface area contributed by atoms with Gasteiger partial charge in [-0.05, 0) is 67.0 Å². The molecular formula is C31H32Cl2FN3O3. The number of nitrogens with one attached hydrogen (secondary N) is 3. The van der Waals surface area contributed by atoms with E-state index in [4.69, 9.17) is 29.6 Å². The summed E-state index contributed by atoms with van der Waals surface area (Å²) in [5.41, 5.74) is 0.102. The van der Waals surface area contributed by atoms with Gasteiger partial charge in [0.2, 0.25) is 11.8 Å². The van der Waals surface area contributed by atoms with E-state index in [1.54, 1.807) is 55.5 Å². The lowest BCUT2D eigenvalue weighted by Crippen LogP contribution is -2.63. The molecule has 6 nitrogen and oxygen atoms in total. The molecule has 1 fully saturated rings. The molecule has 40 heavy (non-hydrogen) atoms. The zero-order valence-electron chi connectivity index (χ0n) is 22.2. The van der Waals surface area contributed by atoms with Crippen molar-refractivity contribution in [3.05, 3.63) is 87.7 Å². The first-order chi connectivity index (χ1) is 19.2. The van der Waals surface area contributed by atoms with E-state index in [1.807, 2.05) is 0 Å². The fourth-order valence-electron chi connectivity index (χ4n) is 4.83. The van der Waals surface area contributed by atoms with Gasteiger partial charge in [0.05, 0.1) is 16.6 Å². The molecule has 0 spiro atoms. The maximum absolute atomic E-state index is 15.1. The number of carbonyl (C=O) groups is 3. The zero-order valence-corrected chi connectivity index (χ0v) is 23.7. The molecule has 3 N–H and O–H groups in total. The van der Waals surface area contributed by atoms with Crippen LogP contribution in [0.25, 0.3) is 0 Å². The highest BCUT2D eigenvalue weighted by molar-refractivity contribution is 6.31. The molecule has 0 radical (unpaired) electrons. The summed E-state index contributed by atoms with van der Waals surface area (Å²) < 4.78 is 15.1. The Labute approximate surface area is 244 Å². The van der Waals surface area contributed by atoms with Crippen LogP contribution in [0, 0.1) is 18.2 Å². The van der Waals surface area contributed by atoms with Crippen LogP contribution in [-0.2, 0) is 9.59 Å². The average molecular weight is 585 g/mol. The number of rotatable bonds is 11. The number of anilines is 1. The van der Waals surface area contributed by atoms with Gasteiger partial charge in [-0.3, -0.25) is 19.7 Å². The summed E-state index contributed by atoms with van der Waals surface area (Å²) >= 11 is 12.2. The Morgan fingerprint density at radius 3 is 2.50 bits per heavy atom. The minimum atomic E-state index is -1.07. The third-order valence-corrected chi connectivity index (χ3v) is 7.61. The molecule has 3 rings (SSSR count). The second kappa shape index (κ2) is 14.8. The summed E-state index contributed by atoms with van der Waals surface area (Å²) in [6.45, 7) is 1.88. The number of aldehydes is 1. The summed E-state index contributed by atoms with van der Waals surface area (Å²) in [6.07, 6.45) is 14.1. The molecule has 9 heteroatoms. The van der Waals surface area contributed by atoms with Gasteiger partial charge in [-0.15, -0.1) is 6.42 Å². The van der Waals surface area contributed by atoms with Gasteiger partial charge in [-0.2, -0.15) is 0 Å². The van der Waals surface area contributed by atoms with Crippen molar-refractivity contribution in [3.63, 3.8) is 0 Å². The fraction of sp³-hybridized carbons (Fsp3) is 0.323. The lowest BCUT2D eigenvalue weighted by Gasteiger charge is -2.41. The standard InChI is InChI=1S/C31H32Cl2FN3O3/c1-3-4-9-23(32)16-19-35-30(40)31(17-6-5-7-18-31)37-28(21(2)25-10-8-11-26(33)27(25)34)29(39)36-24-14-12-22(20-38)13-15-24/h1,4,8-16,20-21,28,37H,5-7,17-19H2,2H3,(H,35,40)(H,36,39)/b9-4-,23-16+/t21?,28-/m1/s1. The molecule has 0 aliphatic heterocycles. The van der Waals surface area contributed by atoms with Gasteiger partial charge in [0, 0.05) is 28.7 Å². The first kappa shape index (κ1) is 31.1. The van der Waals surface area contributed by atoms with Gasteiger partial charge in [0.25, 0.3) is 0 Å². The smallest absolute Gasteiger partial charge is 0.242 e. The van der Waals surface area contributed by atoms with E-state index in [2.05, 4.69) is 21.9 Å². The van der Waals surface area contributed by atoms with Gasteiger partial charge in [0.15, 0.2) is 0 Å². The Bertz CT molecular complexity index is 1310. The Kier molecular flexibility index (Phi) is 11.5. The predicted octanol–water partition coefficient (Wildman–Crippen LogP) is 6.12. The second-order valence-electron chi connectivity index (χ2n) is 9.72. The highest BCUT2D eigenvalue weighted by Gasteiger charge is 2.44. The van der Waals surface area contributed by atoms with Crippen molar-refractivity contribution >= 4 is 47.0 Å². The van der Waals surface area contributed by atoms with Crippen LogP contribution < -0.4 is 16.0 Å². The number of hydrogen-bond acceptors (Lipinski definition) is 4. The Hall–Kier alpha value is -3.44. The van der Waals surface area contributed by atoms with E-state index >= 15 is 4.39 Å². The molecule has 0 saturated heterocycles. The molecule has 1 aliphatic carbocycles. The van der Waals surface area contributed by atoms with Crippen LogP contribution in [0.1, 0.15) is 60.9 Å². The summed E-state index contributed by atoms with van der Waals surface area (Å²) in [4.78, 5) is 38.4. The third-order valence-electron chi connectivity index (χ3n) is 7.04. The van der Waals surface area contributed by atoms with Crippen molar-refractivity contribution in [2.75, 3.05) is 11.9 Å². The number of carbonyl (C=O) groups excluding carboxylic acids is 3. The normalized spacial score (nSPS) is 16.5. The van der Waals surface area contributed by atoms with Gasteiger partial charge in [-0.1, -0.05) is 67.4 Å². The van der Waals surface area contributed by atoms with Crippen molar-refractivity contribution in [2.45, 2.75) is 56.5 Å². The van der Waals surface area contributed by atoms with E-state index in [1.165, 1.54) is 12.1 Å². The predicted molar refractivity (Wildman–Crippen MR) is 158 cm³/mol. The van der Waals surface area contributed by atoms with Crippen LogP contribution in [0.15, 0.2) is 65.7 Å². The van der Waals surface area contributed by atoms with Crippen LogP contribution >= 0.6 is 23.2 Å². The molecule has 2 aromatic rings. The van der Waals surface area contributed by atoms with Crippen LogP contribution in [0.3, 0.4) is 0 Å². The average Bonchev–Trinajstić information content (AvgIpc) is 2.96. The Morgan fingerprint density at radius 1 is 1.15 bits per heavy atom. The minimum Gasteiger partial charge on any atom is -0.351 e. The van der Waals surface area contributed by atoms with E-state index < -0.39 is 29.2 Å². The van der Waals surface area contributed by atoms with E-state index in [9.17, 15) is 14.4 Å². The first-order valence-electron chi connectivity index (χ1n) is 13.0. The molecule has 0 bridgehead atoms.